The molecule has 162 valence electrons. The Morgan fingerprint density at radius 3 is 1.25 bits per heavy atom. The van der Waals surface area contributed by atoms with Crippen molar-refractivity contribution in [2.75, 3.05) is 20.6 Å². The maximum Gasteiger partial charge on any atom is -0.00201 e. The number of hydrogen-bond donors (Lipinski definition) is 0. The van der Waals surface area contributed by atoms with E-state index >= 15 is 0 Å². The zero-order valence-electron chi connectivity index (χ0n) is 19.5. The van der Waals surface area contributed by atoms with Gasteiger partial charge in [0.2, 0.25) is 0 Å². The van der Waals surface area contributed by atoms with Gasteiger partial charge < -0.3 is 4.90 Å². The molecule has 0 aliphatic heterocycles. The third kappa shape index (κ3) is 16.2. The quantitative estimate of drug-likeness (QED) is 0.246. The molecule has 1 aromatic carbocycles. The Kier molecular flexibility index (Phi) is 16.4. The lowest BCUT2D eigenvalue weighted by Gasteiger charge is -2.08. The Labute approximate surface area is 177 Å². The van der Waals surface area contributed by atoms with Gasteiger partial charge in [-0.1, -0.05) is 128 Å². The lowest BCUT2D eigenvalue weighted by atomic mass is 10.0. The second-order valence-corrected chi connectivity index (χ2v) is 9.05. The molecule has 1 aliphatic carbocycles. The predicted molar refractivity (Wildman–Crippen MR) is 127 cm³/mol. The number of rotatable bonds is 17. The highest BCUT2D eigenvalue weighted by atomic mass is 15.0. The van der Waals surface area contributed by atoms with Gasteiger partial charge in [-0.25, -0.2) is 0 Å². The maximum absolute atomic E-state index is 2.30. The normalized spacial score (nSPS) is 11.9. The Morgan fingerprint density at radius 2 is 0.929 bits per heavy atom. The van der Waals surface area contributed by atoms with Crippen LogP contribution in [-0.2, 0) is 6.42 Å². The van der Waals surface area contributed by atoms with E-state index in [2.05, 4.69) is 50.2 Å². The van der Waals surface area contributed by atoms with Crippen molar-refractivity contribution in [3.63, 3.8) is 0 Å². The number of unbranched alkanes of at least 4 members (excludes halogenated alkanes) is 15. The van der Waals surface area contributed by atoms with E-state index in [1.807, 2.05) is 0 Å². The molecule has 0 bridgehead atoms. The van der Waals surface area contributed by atoms with E-state index in [1.165, 1.54) is 127 Å². The van der Waals surface area contributed by atoms with E-state index in [4.69, 9.17) is 0 Å². The first kappa shape index (κ1) is 25.2. The van der Waals surface area contributed by atoms with Gasteiger partial charge in [0.1, 0.15) is 0 Å². The van der Waals surface area contributed by atoms with Gasteiger partial charge in [-0.3, -0.25) is 0 Å². The van der Waals surface area contributed by atoms with Crippen molar-refractivity contribution in [1.29, 1.82) is 0 Å². The Balaban J connectivity index is 0.000000453. The van der Waals surface area contributed by atoms with E-state index in [0.717, 1.165) is 0 Å². The second-order valence-electron chi connectivity index (χ2n) is 9.05. The first-order valence-corrected chi connectivity index (χ1v) is 12.5. The molecule has 0 atom stereocenters. The molecular weight excluding hydrogens is 338 g/mol. The van der Waals surface area contributed by atoms with Crippen molar-refractivity contribution >= 4 is 0 Å². The maximum atomic E-state index is 2.30. The van der Waals surface area contributed by atoms with Gasteiger partial charge in [-0.05, 0) is 44.6 Å². The summed E-state index contributed by atoms with van der Waals surface area (Å²) < 4.78 is 0. The summed E-state index contributed by atoms with van der Waals surface area (Å²) in [6, 6.07) is 8.53. The highest BCUT2D eigenvalue weighted by Crippen LogP contribution is 2.25. The van der Waals surface area contributed by atoms with E-state index < -0.39 is 0 Å². The number of nitrogens with zero attached hydrogens (tertiary/aromatic N) is 1. The molecule has 1 aromatic rings. The van der Waals surface area contributed by atoms with Crippen LogP contribution in [0.25, 0.3) is 0 Å². The van der Waals surface area contributed by atoms with Crippen LogP contribution in [-0.4, -0.2) is 25.5 Å². The Hall–Kier alpha value is -0.820. The van der Waals surface area contributed by atoms with Crippen LogP contribution in [0.4, 0.5) is 0 Å². The topological polar surface area (TPSA) is 3.24 Å². The third-order valence-corrected chi connectivity index (χ3v) is 5.83. The molecule has 0 spiro atoms. The summed E-state index contributed by atoms with van der Waals surface area (Å²) >= 11 is 0. The molecule has 1 nitrogen and oxygen atoms in total. The van der Waals surface area contributed by atoms with Gasteiger partial charge in [-0.2, -0.15) is 0 Å². The largest absolute Gasteiger partial charge is 0.309 e. The number of hydrogen-bond acceptors (Lipinski definition) is 1. The summed E-state index contributed by atoms with van der Waals surface area (Å²) in [7, 11) is 4.34. The lowest BCUT2D eigenvalue weighted by molar-refractivity contribution is 0.389. The molecular formula is C27H49N. The fourth-order valence-corrected chi connectivity index (χ4v) is 3.81. The van der Waals surface area contributed by atoms with Crippen molar-refractivity contribution in [2.24, 2.45) is 0 Å². The van der Waals surface area contributed by atoms with Crippen LogP contribution in [0.2, 0.25) is 0 Å². The monoisotopic (exact) mass is 387 g/mol. The van der Waals surface area contributed by atoms with Gasteiger partial charge in [-0.15, -0.1) is 0 Å². The van der Waals surface area contributed by atoms with Crippen molar-refractivity contribution in [3.8, 4) is 0 Å². The average Bonchev–Trinajstić information content (AvgIpc) is 3.48. The van der Waals surface area contributed by atoms with Gasteiger partial charge >= 0.3 is 0 Å². The second kappa shape index (κ2) is 18.2. The molecule has 1 aliphatic rings. The molecule has 0 amide bonds. The molecule has 0 fully saturated rings. The van der Waals surface area contributed by atoms with E-state index in [1.54, 1.807) is 0 Å². The lowest BCUT2D eigenvalue weighted by Crippen LogP contribution is -2.12. The standard InChI is InChI=1S/C20H43N.C7H6/c1-4-5-6-7-8-9-10-11-12-13-14-15-16-17-18-19-20-21(2)3;1-2-4-7-5-6(7)3-1/h4-20H2,1-3H3;1-4H,5H2. The summed E-state index contributed by atoms with van der Waals surface area (Å²) in [4.78, 5) is 2.30. The van der Waals surface area contributed by atoms with Crippen molar-refractivity contribution < 1.29 is 0 Å². The summed E-state index contributed by atoms with van der Waals surface area (Å²) in [5.74, 6) is 0. The van der Waals surface area contributed by atoms with Crippen LogP contribution < -0.4 is 0 Å². The van der Waals surface area contributed by atoms with Crippen molar-refractivity contribution in [2.45, 2.75) is 116 Å². The average molecular weight is 388 g/mol. The molecule has 1 heteroatoms. The van der Waals surface area contributed by atoms with Crippen LogP contribution in [0.5, 0.6) is 0 Å². The number of fused-ring (bicyclic) bond motifs is 1. The zero-order chi connectivity index (χ0) is 20.3. The van der Waals surface area contributed by atoms with E-state index in [9.17, 15) is 0 Å². The van der Waals surface area contributed by atoms with Gasteiger partial charge in [0.05, 0.1) is 0 Å². The predicted octanol–water partition coefficient (Wildman–Crippen LogP) is 8.40. The molecule has 0 N–H and O–H groups in total. The first-order chi connectivity index (χ1) is 13.7. The minimum Gasteiger partial charge on any atom is -0.309 e. The highest BCUT2D eigenvalue weighted by molar-refractivity contribution is 5.44. The summed E-state index contributed by atoms with van der Waals surface area (Å²) in [6.45, 7) is 3.56. The summed E-state index contributed by atoms with van der Waals surface area (Å²) in [6.07, 6.45) is 24.5. The Bertz CT molecular complexity index is 430. The summed E-state index contributed by atoms with van der Waals surface area (Å²) in [5, 5.41) is 0. The molecule has 0 aromatic heterocycles. The molecule has 0 saturated carbocycles. The van der Waals surface area contributed by atoms with Gasteiger partial charge in [0, 0.05) is 0 Å². The van der Waals surface area contributed by atoms with Crippen LogP contribution in [0.15, 0.2) is 24.3 Å². The van der Waals surface area contributed by atoms with Crippen LogP contribution >= 0.6 is 0 Å². The minimum atomic E-state index is 1.24. The highest BCUT2D eigenvalue weighted by Gasteiger charge is 2.12. The SMILES string of the molecule is CCCCCCCCCCCCCCCCCCN(C)C.c1ccc2c(c1)C2. The molecule has 2 rings (SSSR count). The zero-order valence-corrected chi connectivity index (χ0v) is 19.5. The first-order valence-electron chi connectivity index (χ1n) is 12.5. The van der Waals surface area contributed by atoms with Crippen molar-refractivity contribution in [3.05, 3.63) is 35.4 Å². The molecule has 28 heavy (non-hydrogen) atoms. The van der Waals surface area contributed by atoms with Crippen LogP contribution in [0.1, 0.15) is 121 Å². The molecule has 0 unspecified atom stereocenters. The van der Waals surface area contributed by atoms with Crippen LogP contribution in [0, 0.1) is 0 Å². The molecule has 0 saturated heterocycles. The fourth-order valence-electron chi connectivity index (χ4n) is 3.81. The molecule has 0 heterocycles. The fraction of sp³-hybridized carbons (Fsp3) is 0.778. The van der Waals surface area contributed by atoms with Gasteiger partial charge in [0.25, 0.3) is 0 Å². The van der Waals surface area contributed by atoms with Crippen molar-refractivity contribution in [1.82, 2.24) is 4.90 Å². The summed E-state index contributed by atoms with van der Waals surface area (Å²) in [5.41, 5.74) is 3.06. The van der Waals surface area contributed by atoms with E-state index in [0.29, 0.717) is 0 Å². The minimum absolute atomic E-state index is 1.24. The van der Waals surface area contributed by atoms with Gasteiger partial charge in [0.15, 0.2) is 0 Å². The molecule has 0 radical (unpaired) electrons. The van der Waals surface area contributed by atoms with E-state index in [-0.39, 0.29) is 0 Å². The Morgan fingerprint density at radius 1 is 0.571 bits per heavy atom. The van der Waals surface area contributed by atoms with Crippen LogP contribution in [0.3, 0.4) is 0 Å². The number of benzene rings is 1. The third-order valence-electron chi connectivity index (χ3n) is 5.83. The smallest absolute Gasteiger partial charge is 0.00201 e.